The Kier molecular flexibility index (Phi) is 3.91. The van der Waals surface area contributed by atoms with Crippen LogP contribution in [0, 0.1) is 13.8 Å². The largest absolute Gasteiger partial charge is 0.353 e. The third-order valence-corrected chi connectivity index (χ3v) is 4.64. The standard InChI is InChI=1S/C11H18N4O3S/c1-7-11(8(2)15-14-7)19(17,18)12-6-5-10(16)13-9-3-4-9/h9,12H,3-6H2,1-2H3,(H,13,16)(H,14,15). The molecule has 1 aliphatic rings. The maximum Gasteiger partial charge on any atom is 0.244 e. The average molecular weight is 286 g/mol. The van der Waals surface area contributed by atoms with Crippen LogP contribution in [-0.4, -0.2) is 37.1 Å². The fourth-order valence-corrected chi connectivity index (χ4v) is 3.23. The van der Waals surface area contributed by atoms with E-state index in [4.69, 9.17) is 0 Å². The van der Waals surface area contributed by atoms with Gasteiger partial charge in [0, 0.05) is 19.0 Å². The predicted molar refractivity (Wildman–Crippen MR) is 69.0 cm³/mol. The van der Waals surface area contributed by atoms with E-state index in [0.29, 0.717) is 17.4 Å². The fourth-order valence-electron chi connectivity index (χ4n) is 1.84. The lowest BCUT2D eigenvalue weighted by atomic mass is 10.4. The number of nitrogens with one attached hydrogen (secondary N) is 3. The van der Waals surface area contributed by atoms with Gasteiger partial charge in [0.05, 0.1) is 11.4 Å². The molecule has 0 radical (unpaired) electrons. The number of carbonyl (C=O) groups is 1. The summed E-state index contributed by atoms with van der Waals surface area (Å²) in [5, 5.41) is 9.28. The zero-order chi connectivity index (χ0) is 14.0. The summed E-state index contributed by atoms with van der Waals surface area (Å²) >= 11 is 0. The van der Waals surface area contributed by atoms with Crippen molar-refractivity contribution < 1.29 is 13.2 Å². The molecule has 1 aliphatic carbocycles. The number of sulfonamides is 1. The number of rotatable bonds is 6. The van der Waals surface area contributed by atoms with Gasteiger partial charge in [-0.2, -0.15) is 5.10 Å². The average Bonchev–Trinajstić information content (AvgIpc) is 3.03. The second kappa shape index (κ2) is 5.30. The molecule has 1 aromatic rings. The summed E-state index contributed by atoms with van der Waals surface area (Å²) in [6, 6.07) is 0.294. The second-order valence-electron chi connectivity index (χ2n) is 4.75. The van der Waals surface area contributed by atoms with Gasteiger partial charge >= 0.3 is 0 Å². The van der Waals surface area contributed by atoms with Crippen LogP contribution < -0.4 is 10.0 Å². The summed E-state index contributed by atoms with van der Waals surface area (Å²) in [6.45, 7) is 3.36. The minimum Gasteiger partial charge on any atom is -0.353 e. The molecule has 7 nitrogen and oxygen atoms in total. The van der Waals surface area contributed by atoms with Crippen LogP contribution in [-0.2, 0) is 14.8 Å². The van der Waals surface area contributed by atoms with Gasteiger partial charge in [-0.05, 0) is 26.7 Å². The molecule has 0 atom stereocenters. The van der Waals surface area contributed by atoms with Gasteiger partial charge in [-0.25, -0.2) is 13.1 Å². The maximum absolute atomic E-state index is 12.0. The van der Waals surface area contributed by atoms with E-state index in [1.165, 1.54) is 0 Å². The fraction of sp³-hybridized carbons (Fsp3) is 0.636. The Morgan fingerprint density at radius 3 is 2.63 bits per heavy atom. The summed E-state index contributed by atoms with van der Waals surface area (Å²) in [5.74, 6) is -0.120. The van der Waals surface area contributed by atoms with Gasteiger partial charge in [-0.3, -0.25) is 9.89 Å². The van der Waals surface area contributed by atoms with Crippen LogP contribution in [0.1, 0.15) is 30.7 Å². The first-order chi connectivity index (χ1) is 8.90. The van der Waals surface area contributed by atoms with Crippen LogP contribution in [0.15, 0.2) is 4.90 Å². The smallest absolute Gasteiger partial charge is 0.244 e. The number of aryl methyl sites for hydroxylation is 2. The maximum atomic E-state index is 12.0. The van der Waals surface area contributed by atoms with Crippen molar-refractivity contribution in [2.45, 2.75) is 44.0 Å². The Morgan fingerprint density at radius 2 is 2.11 bits per heavy atom. The summed E-state index contributed by atoms with van der Waals surface area (Å²) in [7, 11) is -3.61. The number of amides is 1. The second-order valence-corrected chi connectivity index (χ2v) is 6.46. The molecule has 1 amide bonds. The van der Waals surface area contributed by atoms with E-state index >= 15 is 0 Å². The van der Waals surface area contributed by atoms with Crippen molar-refractivity contribution >= 4 is 15.9 Å². The van der Waals surface area contributed by atoms with Gasteiger partial charge in [-0.1, -0.05) is 0 Å². The quantitative estimate of drug-likeness (QED) is 0.683. The highest BCUT2D eigenvalue weighted by Crippen LogP contribution is 2.18. The Balaban J connectivity index is 1.89. The number of carbonyl (C=O) groups excluding carboxylic acids is 1. The number of hydrogen-bond donors (Lipinski definition) is 3. The molecule has 106 valence electrons. The van der Waals surface area contributed by atoms with Crippen LogP contribution in [0.5, 0.6) is 0 Å². The topological polar surface area (TPSA) is 104 Å². The Hall–Kier alpha value is -1.41. The molecule has 0 bridgehead atoms. The Morgan fingerprint density at radius 1 is 1.42 bits per heavy atom. The first-order valence-corrected chi connectivity index (χ1v) is 7.69. The molecule has 2 rings (SSSR count). The van der Waals surface area contributed by atoms with Crippen molar-refractivity contribution in [1.82, 2.24) is 20.2 Å². The summed E-state index contributed by atoms with van der Waals surface area (Å²) < 4.78 is 26.5. The highest BCUT2D eigenvalue weighted by Gasteiger charge is 2.24. The Labute approximate surface area is 112 Å². The van der Waals surface area contributed by atoms with E-state index in [9.17, 15) is 13.2 Å². The van der Waals surface area contributed by atoms with Crippen LogP contribution in [0.3, 0.4) is 0 Å². The van der Waals surface area contributed by atoms with Gasteiger partial charge in [0.2, 0.25) is 15.9 Å². The van der Waals surface area contributed by atoms with Crippen LogP contribution >= 0.6 is 0 Å². The minimum absolute atomic E-state index is 0.0882. The third kappa shape index (κ3) is 3.54. The van der Waals surface area contributed by atoms with Gasteiger partial charge in [0.15, 0.2) is 0 Å². The molecule has 0 aliphatic heterocycles. The third-order valence-electron chi connectivity index (χ3n) is 2.92. The summed E-state index contributed by atoms with van der Waals surface area (Å²) in [6.07, 6.45) is 2.18. The number of aromatic nitrogens is 2. The number of H-pyrrole nitrogens is 1. The monoisotopic (exact) mass is 286 g/mol. The van der Waals surface area contributed by atoms with E-state index < -0.39 is 10.0 Å². The van der Waals surface area contributed by atoms with Crippen LogP contribution in [0.4, 0.5) is 0 Å². The van der Waals surface area contributed by atoms with E-state index in [-0.39, 0.29) is 23.8 Å². The zero-order valence-electron chi connectivity index (χ0n) is 11.0. The van der Waals surface area contributed by atoms with Crippen LogP contribution in [0.2, 0.25) is 0 Å². The van der Waals surface area contributed by atoms with Crippen molar-refractivity contribution in [2.24, 2.45) is 0 Å². The molecule has 1 fully saturated rings. The molecule has 0 aromatic carbocycles. The first-order valence-electron chi connectivity index (χ1n) is 6.21. The van der Waals surface area contributed by atoms with E-state index in [1.54, 1.807) is 13.8 Å². The lowest BCUT2D eigenvalue weighted by Gasteiger charge is -2.07. The Bertz CT molecular complexity index is 555. The normalized spacial score (nSPS) is 15.5. The SMILES string of the molecule is Cc1n[nH]c(C)c1S(=O)(=O)NCCC(=O)NC1CC1. The van der Waals surface area contributed by atoms with E-state index in [0.717, 1.165) is 12.8 Å². The molecule has 8 heteroatoms. The number of nitrogens with zero attached hydrogens (tertiary/aromatic N) is 1. The van der Waals surface area contributed by atoms with Gasteiger partial charge in [0.25, 0.3) is 0 Å². The molecular weight excluding hydrogens is 268 g/mol. The van der Waals surface area contributed by atoms with Gasteiger partial charge in [-0.15, -0.1) is 0 Å². The van der Waals surface area contributed by atoms with Gasteiger partial charge in [0.1, 0.15) is 4.90 Å². The van der Waals surface area contributed by atoms with E-state index in [2.05, 4.69) is 20.2 Å². The highest BCUT2D eigenvalue weighted by molar-refractivity contribution is 7.89. The predicted octanol–water partition coefficient (Wildman–Crippen LogP) is -0.0265. The molecule has 1 heterocycles. The van der Waals surface area contributed by atoms with Gasteiger partial charge < -0.3 is 5.32 Å². The highest BCUT2D eigenvalue weighted by atomic mass is 32.2. The summed E-state index contributed by atoms with van der Waals surface area (Å²) in [4.78, 5) is 11.6. The molecule has 0 spiro atoms. The molecule has 0 unspecified atom stereocenters. The van der Waals surface area contributed by atoms with E-state index in [1.807, 2.05) is 0 Å². The molecule has 1 saturated carbocycles. The lowest BCUT2D eigenvalue weighted by Crippen LogP contribution is -2.32. The zero-order valence-corrected chi connectivity index (χ0v) is 11.8. The first kappa shape index (κ1) is 14.0. The molecule has 3 N–H and O–H groups in total. The van der Waals surface area contributed by atoms with Crippen molar-refractivity contribution in [2.75, 3.05) is 6.54 Å². The summed E-state index contributed by atoms with van der Waals surface area (Å²) in [5.41, 5.74) is 0.917. The van der Waals surface area contributed by atoms with Crippen molar-refractivity contribution in [3.05, 3.63) is 11.4 Å². The van der Waals surface area contributed by atoms with Crippen molar-refractivity contribution in [3.63, 3.8) is 0 Å². The number of aromatic amines is 1. The lowest BCUT2D eigenvalue weighted by molar-refractivity contribution is -0.121. The van der Waals surface area contributed by atoms with Crippen molar-refractivity contribution in [1.29, 1.82) is 0 Å². The number of hydrogen-bond acceptors (Lipinski definition) is 4. The minimum atomic E-state index is -3.61. The molecule has 1 aromatic heterocycles. The van der Waals surface area contributed by atoms with Crippen molar-refractivity contribution in [3.8, 4) is 0 Å². The molecule has 0 saturated heterocycles. The molecular formula is C11H18N4O3S. The van der Waals surface area contributed by atoms with Crippen LogP contribution in [0.25, 0.3) is 0 Å². The molecule has 19 heavy (non-hydrogen) atoms.